The molecule has 4 nitrogen and oxygen atoms in total. The smallest absolute Gasteiger partial charge is 0.227 e. The summed E-state index contributed by atoms with van der Waals surface area (Å²) in [5.74, 6) is 0.141. The fourth-order valence-corrected chi connectivity index (χ4v) is 3.61. The second-order valence-corrected chi connectivity index (χ2v) is 6.42. The summed E-state index contributed by atoms with van der Waals surface area (Å²) in [5, 5.41) is 16.7. The van der Waals surface area contributed by atoms with Crippen molar-refractivity contribution in [2.45, 2.75) is 63.9 Å². The number of carbonyl (C=O) groups is 1. The fourth-order valence-electron chi connectivity index (χ4n) is 3.61. The first kappa shape index (κ1) is 14.8. The van der Waals surface area contributed by atoms with E-state index >= 15 is 0 Å². The molecule has 4 heteroatoms. The highest BCUT2D eigenvalue weighted by Crippen LogP contribution is 2.33. The van der Waals surface area contributed by atoms with E-state index in [0.717, 1.165) is 64.5 Å². The van der Waals surface area contributed by atoms with Gasteiger partial charge >= 0.3 is 0 Å². The molecule has 1 unspecified atom stereocenters. The van der Waals surface area contributed by atoms with Gasteiger partial charge in [-0.2, -0.15) is 0 Å². The Morgan fingerprint density at radius 1 is 1.26 bits per heavy atom. The van der Waals surface area contributed by atoms with E-state index in [2.05, 4.69) is 17.6 Å². The number of amides is 1. The van der Waals surface area contributed by atoms with Crippen molar-refractivity contribution in [2.75, 3.05) is 19.6 Å². The number of hydrogen-bond acceptors (Lipinski definition) is 3. The summed E-state index contributed by atoms with van der Waals surface area (Å²) in [6.07, 6.45) is 7.81. The Labute approximate surface area is 116 Å². The number of hydrogen-bond donors (Lipinski definition) is 3. The van der Waals surface area contributed by atoms with Crippen molar-refractivity contribution in [3.63, 3.8) is 0 Å². The molecule has 3 N–H and O–H groups in total. The van der Waals surface area contributed by atoms with E-state index in [1.54, 1.807) is 0 Å². The van der Waals surface area contributed by atoms with Crippen molar-refractivity contribution in [3.8, 4) is 0 Å². The van der Waals surface area contributed by atoms with Crippen LogP contribution in [0.4, 0.5) is 0 Å². The minimum absolute atomic E-state index is 0.141. The highest BCUT2D eigenvalue weighted by atomic mass is 16.3. The standard InChI is InChI=1S/C15H28N2O2/c1-2-6-14(7-5-10-16-11-14)13(18)17-12-15(19)8-3-4-9-15/h16,19H,2-12H2,1H3,(H,17,18). The van der Waals surface area contributed by atoms with E-state index in [1.807, 2.05) is 0 Å². The molecule has 0 bridgehead atoms. The molecule has 1 aliphatic carbocycles. The van der Waals surface area contributed by atoms with Crippen molar-refractivity contribution in [2.24, 2.45) is 5.41 Å². The molecule has 0 aromatic carbocycles. The van der Waals surface area contributed by atoms with Crippen LogP contribution in [0.25, 0.3) is 0 Å². The van der Waals surface area contributed by atoms with Gasteiger partial charge in [0.2, 0.25) is 5.91 Å². The molecule has 1 saturated heterocycles. The van der Waals surface area contributed by atoms with Gasteiger partial charge in [0, 0.05) is 13.1 Å². The third-order valence-corrected chi connectivity index (χ3v) is 4.79. The number of nitrogens with one attached hydrogen (secondary N) is 2. The minimum Gasteiger partial charge on any atom is -0.388 e. The number of aliphatic hydroxyl groups is 1. The number of rotatable bonds is 5. The van der Waals surface area contributed by atoms with Crippen LogP contribution in [0.5, 0.6) is 0 Å². The molecule has 1 heterocycles. The average molecular weight is 268 g/mol. The van der Waals surface area contributed by atoms with Crippen molar-refractivity contribution >= 4 is 5.91 Å². The lowest BCUT2D eigenvalue weighted by atomic mass is 9.76. The summed E-state index contributed by atoms with van der Waals surface area (Å²) >= 11 is 0. The topological polar surface area (TPSA) is 61.4 Å². The molecular weight excluding hydrogens is 240 g/mol. The Morgan fingerprint density at radius 2 is 2.00 bits per heavy atom. The average Bonchev–Trinajstić information content (AvgIpc) is 2.85. The Morgan fingerprint density at radius 3 is 2.58 bits per heavy atom. The minimum atomic E-state index is -0.648. The zero-order valence-electron chi connectivity index (χ0n) is 12.1. The molecular formula is C15H28N2O2. The maximum atomic E-state index is 12.5. The van der Waals surface area contributed by atoms with Gasteiger partial charge in [0.25, 0.3) is 0 Å². The van der Waals surface area contributed by atoms with Gasteiger partial charge < -0.3 is 15.7 Å². The molecule has 2 aliphatic rings. The lowest BCUT2D eigenvalue weighted by molar-refractivity contribution is -0.133. The monoisotopic (exact) mass is 268 g/mol. The van der Waals surface area contributed by atoms with Gasteiger partial charge in [-0.3, -0.25) is 4.79 Å². The predicted octanol–water partition coefficient (Wildman–Crippen LogP) is 1.58. The Bertz CT molecular complexity index is 300. The van der Waals surface area contributed by atoms with Gasteiger partial charge in [0.05, 0.1) is 11.0 Å². The van der Waals surface area contributed by atoms with E-state index in [9.17, 15) is 9.90 Å². The Hall–Kier alpha value is -0.610. The quantitative estimate of drug-likeness (QED) is 0.709. The highest BCUT2D eigenvalue weighted by Gasteiger charge is 2.40. The zero-order chi connectivity index (χ0) is 13.8. The molecule has 1 atom stereocenters. The van der Waals surface area contributed by atoms with Crippen LogP contribution in [0.1, 0.15) is 58.3 Å². The fraction of sp³-hybridized carbons (Fsp3) is 0.933. The first-order valence-electron chi connectivity index (χ1n) is 7.82. The van der Waals surface area contributed by atoms with E-state index in [0.29, 0.717) is 6.54 Å². The van der Waals surface area contributed by atoms with Crippen LogP contribution in [0.2, 0.25) is 0 Å². The second-order valence-electron chi connectivity index (χ2n) is 6.42. The van der Waals surface area contributed by atoms with Gasteiger partial charge in [0.1, 0.15) is 0 Å². The van der Waals surface area contributed by atoms with Gasteiger partial charge in [-0.05, 0) is 38.6 Å². The SMILES string of the molecule is CCCC1(C(=O)NCC2(O)CCCC2)CCCNC1. The van der Waals surface area contributed by atoms with Crippen molar-refractivity contribution in [3.05, 3.63) is 0 Å². The van der Waals surface area contributed by atoms with Gasteiger partial charge in [-0.25, -0.2) is 0 Å². The van der Waals surface area contributed by atoms with Crippen LogP contribution < -0.4 is 10.6 Å². The normalized spacial score (nSPS) is 30.2. The maximum absolute atomic E-state index is 12.5. The zero-order valence-corrected chi connectivity index (χ0v) is 12.1. The molecule has 1 amide bonds. The van der Waals surface area contributed by atoms with Crippen molar-refractivity contribution < 1.29 is 9.90 Å². The third kappa shape index (κ3) is 3.48. The molecule has 0 radical (unpaired) electrons. The van der Waals surface area contributed by atoms with E-state index in [1.165, 1.54) is 0 Å². The van der Waals surface area contributed by atoms with E-state index in [-0.39, 0.29) is 11.3 Å². The summed E-state index contributed by atoms with van der Waals surface area (Å²) in [6, 6.07) is 0. The van der Waals surface area contributed by atoms with E-state index < -0.39 is 5.60 Å². The molecule has 110 valence electrons. The summed E-state index contributed by atoms with van der Waals surface area (Å²) < 4.78 is 0. The maximum Gasteiger partial charge on any atom is 0.227 e. The molecule has 2 fully saturated rings. The first-order chi connectivity index (χ1) is 9.10. The largest absolute Gasteiger partial charge is 0.388 e. The predicted molar refractivity (Wildman–Crippen MR) is 75.9 cm³/mol. The summed E-state index contributed by atoms with van der Waals surface area (Å²) in [5.41, 5.74) is -0.896. The third-order valence-electron chi connectivity index (χ3n) is 4.79. The van der Waals surface area contributed by atoms with E-state index in [4.69, 9.17) is 0 Å². The molecule has 0 aromatic rings. The summed E-state index contributed by atoms with van der Waals surface area (Å²) in [6.45, 7) is 4.36. The molecule has 1 aliphatic heterocycles. The Balaban J connectivity index is 1.91. The lowest BCUT2D eigenvalue weighted by Crippen LogP contribution is -2.53. The van der Waals surface area contributed by atoms with Crippen molar-refractivity contribution in [1.82, 2.24) is 10.6 Å². The number of piperidine rings is 1. The molecule has 19 heavy (non-hydrogen) atoms. The molecule has 0 aromatic heterocycles. The van der Waals surface area contributed by atoms with Crippen LogP contribution in [0, 0.1) is 5.41 Å². The Kier molecular flexibility index (Phi) is 4.85. The van der Waals surface area contributed by atoms with Gasteiger partial charge in [-0.1, -0.05) is 26.2 Å². The van der Waals surface area contributed by atoms with Crippen LogP contribution in [0.15, 0.2) is 0 Å². The lowest BCUT2D eigenvalue weighted by Gasteiger charge is -2.37. The van der Waals surface area contributed by atoms with Crippen molar-refractivity contribution in [1.29, 1.82) is 0 Å². The first-order valence-corrected chi connectivity index (χ1v) is 7.82. The summed E-state index contributed by atoms with van der Waals surface area (Å²) in [7, 11) is 0. The molecule has 1 saturated carbocycles. The van der Waals surface area contributed by atoms with Gasteiger partial charge in [0.15, 0.2) is 0 Å². The second kappa shape index (κ2) is 6.23. The van der Waals surface area contributed by atoms with Crippen LogP contribution in [-0.2, 0) is 4.79 Å². The molecule has 2 rings (SSSR count). The van der Waals surface area contributed by atoms with Gasteiger partial charge in [-0.15, -0.1) is 0 Å². The summed E-state index contributed by atoms with van der Waals surface area (Å²) in [4.78, 5) is 12.5. The van der Waals surface area contributed by atoms with Crippen LogP contribution in [0.3, 0.4) is 0 Å². The van der Waals surface area contributed by atoms with Crippen LogP contribution >= 0.6 is 0 Å². The highest BCUT2D eigenvalue weighted by molar-refractivity contribution is 5.83. The van der Waals surface area contributed by atoms with Crippen LogP contribution in [-0.4, -0.2) is 36.2 Å². The number of carbonyl (C=O) groups excluding carboxylic acids is 1. The molecule has 0 spiro atoms.